The van der Waals surface area contributed by atoms with Crippen LogP contribution in [0.4, 0.5) is 0 Å². The van der Waals surface area contributed by atoms with Gasteiger partial charge in [-0.1, -0.05) is 0 Å². The van der Waals surface area contributed by atoms with Gasteiger partial charge in [-0.25, -0.2) is 9.78 Å². The molecule has 0 radical (unpaired) electrons. The van der Waals surface area contributed by atoms with E-state index >= 15 is 0 Å². The fourth-order valence-electron chi connectivity index (χ4n) is 0.723. The van der Waals surface area contributed by atoms with Crippen LogP contribution in [0.2, 0.25) is 0 Å². The van der Waals surface area contributed by atoms with E-state index in [2.05, 4.69) is 14.5 Å². The Morgan fingerprint density at radius 2 is 2.58 bits per heavy atom. The Balaban J connectivity index is 3.02. The van der Waals surface area contributed by atoms with Crippen LogP contribution < -0.4 is 4.74 Å². The van der Waals surface area contributed by atoms with Crippen LogP contribution in [-0.4, -0.2) is 25.1 Å². The van der Waals surface area contributed by atoms with Crippen molar-refractivity contribution in [3.63, 3.8) is 0 Å². The maximum atomic E-state index is 11.2. The second-order valence-electron chi connectivity index (χ2n) is 1.94. The largest absolute Gasteiger partial charge is 0.494 e. The molecule has 1 aromatic heterocycles. The van der Waals surface area contributed by atoms with E-state index in [1.165, 1.54) is 25.4 Å². The smallest absolute Gasteiger partial charge is 0.360 e. The van der Waals surface area contributed by atoms with E-state index < -0.39 is 13.0 Å². The fourth-order valence-corrected chi connectivity index (χ4v) is 0.723. The molecule has 4 heteroatoms. The van der Waals surface area contributed by atoms with Crippen LogP contribution in [0, 0.1) is 0 Å². The summed E-state index contributed by atoms with van der Waals surface area (Å²) in [5.74, 6) is -0.862. The molecule has 0 aliphatic carbocycles. The van der Waals surface area contributed by atoms with E-state index in [-0.39, 0.29) is 11.4 Å². The van der Waals surface area contributed by atoms with Crippen molar-refractivity contribution in [1.82, 2.24) is 4.98 Å². The average Bonchev–Trinajstić information content (AvgIpc) is 2.15. The van der Waals surface area contributed by atoms with Gasteiger partial charge in [0.2, 0.25) is 0 Å². The molecule has 0 N–H and O–H groups in total. The van der Waals surface area contributed by atoms with Crippen LogP contribution >= 0.6 is 0 Å². The van der Waals surface area contributed by atoms with Gasteiger partial charge < -0.3 is 9.47 Å². The van der Waals surface area contributed by atoms with Gasteiger partial charge >= 0.3 is 5.97 Å². The van der Waals surface area contributed by atoms with Crippen molar-refractivity contribution in [2.75, 3.05) is 14.1 Å². The highest BCUT2D eigenvalue weighted by Crippen LogP contribution is 2.14. The average molecular weight is 170 g/mol. The zero-order valence-electron chi connectivity index (χ0n) is 9.40. The summed E-state index contributed by atoms with van der Waals surface area (Å²) >= 11 is 0. The molecule has 0 spiro atoms. The minimum atomic E-state index is -2.62. The highest BCUT2D eigenvalue weighted by atomic mass is 16.5. The number of hydrogen-bond acceptors (Lipinski definition) is 4. The van der Waals surface area contributed by atoms with Crippen LogP contribution in [0.3, 0.4) is 0 Å². The van der Waals surface area contributed by atoms with Crippen LogP contribution in [-0.2, 0) is 4.74 Å². The summed E-state index contributed by atoms with van der Waals surface area (Å²) in [6.07, 6.45) is 1.35. The number of ether oxygens (including phenoxy) is 2. The summed E-state index contributed by atoms with van der Waals surface area (Å²) in [4.78, 5) is 14.9. The Bertz CT molecular complexity index is 364. The summed E-state index contributed by atoms with van der Waals surface area (Å²) in [5.41, 5.74) is -0.156. The second-order valence-corrected chi connectivity index (χ2v) is 1.94. The molecule has 0 saturated heterocycles. The molecule has 0 bridgehead atoms. The molecule has 0 fully saturated rings. The van der Waals surface area contributed by atoms with Crippen LogP contribution in [0.25, 0.3) is 0 Å². The number of pyridine rings is 1. The fraction of sp³-hybridized carbons (Fsp3) is 0.250. The zero-order valence-corrected chi connectivity index (χ0v) is 6.40. The third-order valence-corrected chi connectivity index (χ3v) is 1.26. The number of aromatic nitrogens is 1. The highest BCUT2D eigenvalue weighted by Gasteiger charge is 2.12. The summed E-state index contributed by atoms with van der Waals surface area (Å²) in [7, 11) is -1.44. The summed E-state index contributed by atoms with van der Waals surface area (Å²) in [6.45, 7) is 0. The molecule has 0 atom stereocenters. The minimum absolute atomic E-state index is 0.121. The number of nitrogens with zero attached hydrogens (tertiary/aromatic N) is 1. The lowest BCUT2D eigenvalue weighted by Gasteiger charge is -2.03. The van der Waals surface area contributed by atoms with Crippen LogP contribution in [0.15, 0.2) is 18.3 Å². The lowest BCUT2D eigenvalue weighted by Crippen LogP contribution is -2.06. The van der Waals surface area contributed by atoms with Crippen molar-refractivity contribution in [3.05, 3.63) is 24.0 Å². The van der Waals surface area contributed by atoms with E-state index in [4.69, 9.17) is 4.11 Å². The SMILES string of the molecule is [2H]C([2H])([2H])Oc1cccnc1C(=O)OC. The molecule has 12 heavy (non-hydrogen) atoms. The quantitative estimate of drug-likeness (QED) is 0.618. The second kappa shape index (κ2) is 3.71. The van der Waals surface area contributed by atoms with Gasteiger partial charge in [-0.2, -0.15) is 0 Å². The molecule has 0 saturated carbocycles. The van der Waals surface area contributed by atoms with E-state index in [9.17, 15) is 4.79 Å². The van der Waals surface area contributed by atoms with Gasteiger partial charge in [0.05, 0.1) is 18.3 Å². The molecule has 0 aliphatic heterocycles. The van der Waals surface area contributed by atoms with Crippen molar-refractivity contribution >= 4 is 5.97 Å². The standard InChI is InChI=1S/C8H9NO3/c1-11-6-4-3-5-9-7(6)8(10)12-2/h3-5H,1-2H3/i1D3. The van der Waals surface area contributed by atoms with Crippen molar-refractivity contribution in [1.29, 1.82) is 0 Å². The van der Waals surface area contributed by atoms with Crippen LogP contribution in [0.5, 0.6) is 5.75 Å². The summed E-state index contributed by atoms with van der Waals surface area (Å²) < 4.78 is 29.7. The number of rotatable bonds is 2. The maximum Gasteiger partial charge on any atom is 0.360 e. The van der Waals surface area contributed by atoms with E-state index in [0.29, 0.717) is 0 Å². The molecule has 1 rings (SSSR count). The Morgan fingerprint density at radius 3 is 3.25 bits per heavy atom. The molecule has 0 aromatic carbocycles. The number of carbonyl (C=O) groups excluding carboxylic acids is 1. The van der Waals surface area contributed by atoms with Gasteiger partial charge in [0.25, 0.3) is 0 Å². The van der Waals surface area contributed by atoms with E-state index in [0.717, 1.165) is 0 Å². The number of carbonyl (C=O) groups is 1. The third kappa shape index (κ3) is 1.53. The van der Waals surface area contributed by atoms with E-state index in [1.54, 1.807) is 0 Å². The molecule has 4 nitrogen and oxygen atoms in total. The molecule has 0 aliphatic rings. The van der Waals surface area contributed by atoms with Gasteiger partial charge in [-0.15, -0.1) is 0 Å². The predicted octanol–water partition coefficient (Wildman–Crippen LogP) is 0.877. The van der Waals surface area contributed by atoms with Crippen molar-refractivity contribution in [2.24, 2.45) is 0 Å². The summed E-state index contributed by atoms with van der Waals surface area (Å²) in [6, 6.07) is 2.80. The monoisotopic (exact) mass is 170 g/mol. The minimum Gasteiger partial charge on any atom is -0.494 e. The van der Waals surface area contributed by atoms with Crippen molar-refractivity contribution in [2.45, 2.75) is 0 Å². The lowest BCUT2D eigenvalue weighted by atomic mass is 10.3. The lowest BCUT2D eigenvalue weighted by molar-refractivity contribution is 0.0590. The van der Waals surface area contributed by atoms with Gasteiger partial charge in [-0.3, -0.25) is 0 Å². The first-order valence-electron chi connectivity index (χ1n) is 4.66. The van der Waals surface area contributed by atoms with Gasteiger partial charge in [0.1, 0.15) is 0 Å². The third-order valence-electron chi connectivity index (χ3n) is 1.26. The predicted molar refractivity (Wildman–Crippen MR) is 42.1 cm³/mol. The first kappa shape index (κ1) is 5.13. The Hall–Kier alpha value is -1.58. The first-order chi connectivity index (χ1) is 6.94. The Morgan fingerprint density at radius 1 is 1.75 bits per heavy atom. The maximum absolute atomic E-state index is 11.2. The normalized spacial score (nSPS) is 13.9. The molecule has 0 amide bonds. The van der Waals surface area contributed by atoms with Crippen molar-refractivity contribution in [3.8, 4) is 5.75 Å². The molecular weight excluding hydrogens is 158 g/mol. The Labute approximate surface area is 74.3 Å². The number of hydrogen-bond donors (Lipinski definition) is 0. The van der Waals surface area contributed by atoms with Crippen molar-refractivity contribution < 1.29 is 18.4 Å². The number of methoxy groups -OCH3 is 2. The first-order valence-corrected chi connectivity index (χ1v) is 3.16. The molecular formula is C8H9NO3. The molecule has 1 aromatic rings. The van der Waals surface area contributed by atoms with Crippen LogP contribution in [0.1, 0.15) is 14.6 Å². The molecule has 1 heterocycles. The summed E-state index contributed by atoms with van der Waals surface area (Å²) in [5, 5.41) is 0. The van der Waals surface area contributed by atoms with Gasteiger partial charge in [0.15, 0.2) is 11.4 Å². The topological polar surface area (TPSA) is 48.4 Å². The van der Waals surface area contributed by atoms with Gasteiger partial charge in [0, 0.05) is 6.20 Å². The Kier molecular flexibility index (Phi) is 1.59. The van der Waals surface area contributed by atoms with Gasteiger partial charge in [-0.05, 0) is 12.1 Å². The molecule has 64 valence electrons. The highest BCUT2D eigenvalue weighted by molar-refractivity contribution is 5.90. The molecule has 0 unspecified atom stereocenters. The zero-order chi connectivity index (χ0) is 11.5. The van der Waals surface area contributed by atoms with E-state index in [1.807, 2.05) is 0 Å². The number of esters is 1.